The van der Waals surface area contributed by atoms with Gasteiger partial charge in [0.15, 0.2) is 0 Å². The van der Waals surface area contributed by atoms with Gasteiger partial charge in [0.05, 0.1) is 10.8 Å². The van der Waals surface area contributed by atoms with Gasteiger partial charge in [-0.2, -0.15) is 4.57 Å². The molecule has 33 heavy (non-hydrogen) atoms. The van der Waals surface area contributed by atoms with Crippen molar-refractivity contribution < 1.29 is 4.57 Å². The summed E-state index contributed by atoms with van der Waals surface area (Å²) >= 11 is 0. The van der Waals surface area contributed by atoms with Crippen molar-refractivity contribution in [1.82, 2.24) is 0 Å². The zero-order chi connectivity index (χ0) is 22.4. The van der Waals surface area contributed by atoms with E-state index in [0.29, 0.717) is 0 Å². The Bertz CT molecular complexity index is 1590. The summed E-state index contributed by atoms with van der Waals surface area (Å²) in [6.07, 6.45) is 6.66. The predicted octanol–water partition coefficient (Wildman–Crippen LogP) is 6.99. The molecule has 1 aromatic heterocycles. The van der Waals surface area contributed by atoms with Crippen LogP contribution in [0.15, 0.2) is 109 Å². The van der Waals surface area contributed by atoms with Crippen LogP contribution >= 0.6 is 0 Å². The lowest BCUT2D eigenvalue weighted by Gasteiger charge is -2.32. The molecule has 0 amide bonds. The standard InChI is InChI=1S/C31H25N2/c1-32-28-18-9-7-16-24(28)22-12-3-5-14-26(22)30(32)20-11-21-31-27-15-6-4-13-23(27)25-17-8-10-19-29(25)33(31)2/h3-21H,1-2H3/q+1. The van der Waals surface area contributed by atoms with Gasteiger partial charge in [-0.1, -0.05) is 78.9 Å². The van der Waals surface area contributed by atoms with E-state index < -0.39 is 0 Å². The third-order valence-electron chi connectivity index (χ3n) is 6.75. The molecule has 5 aromatic rings. The topological polar surface area (TPSA) is 7.12 Å². The Kier molecular flexibility index (Phi) is 4.58. The van der Waals surface area contributed by atoms with E-state index in [1.54, 1.807) is 0 Å². The second-order valence-electron chi connectivity index (χ2n) is 8.54. The number of pyridine rings is 1. The summed E-state index contributed by atoms with van der Waals surface area (Å²) in [6.45, 7) is 0. The van der Waals surface area contributed by atoms with Crippen molar-refractivity contribution in [2.24, 2.45) is 7.05 Å². The van der Waals surface area contributed by atoms with Crippen molar-refractivity contribution in [2.75, 3.05) is 11.9 Å². The third kappa shape index (κ3) is 3.07. The van der Waals surface area contributed by atoms with Gasteiger partial charge in [0, 0.05) is 47.1 Å². The van der Waals surface area contributed by atoms with E-state index in [2.05, 4.69) is 139 Å². The molecule has 0 fully saturated rings. The van der Waals surface area contributed by atoms with Crippen LogP contribution in [0.4, 0.5) is 5.69 Å². The Labute approximate surface area is 194 Å². The summed E-state index contributed by atoms with van der Waals surface area (Å²) in [5.41, 5.74) is 8.70. The highest BCUT2D eigenvalue weighted by Gasteiger charge is 2.23. The van der Waals surface area contributed by atoms with Crippen molar-refractivity contribution in [3.05, 3.63) is 120 Å². The lowest BCUT2D eigenvalue weighted by Crippen LogP contribution is -2.33. The fourth-order valence-electron chi connectivity index (χ4n) is 5.12. The zero-order valence-corrected chi connectivity index (χ0v) is 18.9. The number of benzene rings is 4. The maximum atomic E-state index is 2.29. The highest BCUT2D eigenvalue weighted by Crippen LogP contribution is 2.43. The summed E-state index contributed by atoms with van der Waals surface area (Å²) in [7, 11) is 4.31. The molecule has 4 aromatic carbocycles. The smallest absolute Gasteiger partial charge is 0.213 e. The van der Waals surface area contributed by atoms with Crippen molar-refractivity contribution in [3.63, 3.8) is 0 Å². The molecule has 0 spiro atoms. The first-order valence-corrected chi connectivity index (χ1v) is 11.3. The van der Waals surface area contributed by atoms with E-state index in [4.69, 9.17) is 0 Å². The summed E-state index contributed by atoms with van der Waals surface area (Å²) in [5.74, 6) is 0. The number of hydrogen-bond donors (Lipinski definition) is 0. The van der Waals surface area contributed by atoms with Gasteiger partial charge in [0.2, 0.25) is 11.2 Å². The number of aryl methyl sites for hydroxylation is 1. The molecule has 1 aliphatic heterocycles. The molecule has 6 rings (SSSR count). The van der Waals surface area contributed by atoms with Crippen molar-refractivity contribution in [3.8, 4) is 11.1 Å². The lowest BCUT2D eigenvalue weighted by molar-refractivity contribution is -0.645. The second kappa shape index (κ2) is 7.75. The van der Waals surface area contributed by atoms with Crippen LogP contribution < -0.4 is 9.47 Å². The number of hydrogen-bond acceptors (Lipinski definition) is 1. The van der Waals surface area contributed by atoms with Gasteiger partial charge in [0.1, 0.15) is 7.05 Å². The van der Waals surface area contributed by atoms with Crippen molar-refractivity contribution in [2.45, 2.75) is 0 Å². The molecule has 0 saturated heterocycles. The van der Waals surface area contributed by atoms with E-state index in [0.717, 1.165) is 0 Å². The Morgan fingerprint density at radius 2 is 1.24 bits per heavy atom. The molecule has 0 saturated carbocycles. The Morgan fingerprint density at radius 3 is 2.06 bits per heavy atom. The third-order valence-corrected chi connectivity index (χ3v) is 6.75. The maximum Gasteiger partial charge on any atom is 0.213 e. The molecule has 0 bridgehead atoms. The van der Waals surface area contributed by atoms with Crippen LogP contribution in [0.1, 0.15) is 11.3 Å². The number of rotatable bonds is 2. The largest absolute Gasteiger partial charge is 0.344 e. The summed E-state index contributed by atoms with van der Waals surface area (Å²) in [4.78, 5) is 2.29. The van der Waals surface area contributed by atoms with Crippen LogP contribution in [-0.2, 0) is 7.05 Å². The van der Waals surface area contributed by atoms with E-state index in [1.165, 1.54) is 55.4 Å². The van der Waals surface area contributed by atoms with Gasteiger partial charge < -0.3 is 4.90 Å². The van der Waals surface area contributed by atoms with E-state index in [1.807, 2.05) is 0 Å². The number of nitrogens with zero attached hydrogens (tertiary/aromatic N) is 2. The number of anilines is 1. The molecule has 0 N–H and O–H groups in total. The van der Waals surface area contributed by atoms with Crippen molar-refractivity contribution in [1.29, 1.82) is 0 Å². The zero-order valence-electron chi connectivity index (χ0n) is 18.9. The quantitative estimate of drug-likeness (QED) is 0.218. The molecule has 0 atom stereocenters. The van der Waals surface area contributed by atoms with Crippen molar-refractivity contribution >= 4 is 39.1 Å². The monoisotopic (exact) mass is 425 g/mol. The minimum Gasteiger partial charge on any atom is -0.344 e. The average Bonchev–Trinajstić information content (AvgIpc) is 2.88. The summed E-state index contributed by atoms with van der Waals surface area (Å²) < 4.78 is 2.29. The number of fused-ring (bicyclic) bond motifs is 6. The molecule has 0 unspecified atom stereocenters. The van der Waals surface area contributed by atoms with E-state index in [9.17, 15) is 0 Å². The lowest BCUT2D eigenvalue weighted by atomic mass is 9.91. The van der Waals surface area contributed by atoms with Gasteiger partial charge in [-0.3, -0.25) is 0 Å². The highest BCUT2D eigenvalue weighted by molar-refractivity contribution is 6.06. The Balaban J connectivity index is 1.51. The number of allylic oxidation sites excluding steroid dienone is 2. The van der Waals surface area contributed by atoms with Crippen LogP contribution in [-0.4, -0.2) is 7.05 Å². The molecular weight excluding hydrogens is 400 g/mol. The fraction of sp³-hybridized carbons (Fsp3) is 0.0645. The first-order valence-electron chi connectivity index (χ1n) is 11.3. The van der Waals surface area contributed by atoms with Gasteiger partial charge >= 0.3 is 0 Å². The van der Waals surface area contributed by atoms with E-state index >= 15 is 0 Å². The molecule has 2 heteroatoms. The molecule has 0 aliphatic carbocycles. The van der Waals surface area contributed by atoms with Crippen LogP contribution in [0.5, 0.6) is 0 Å². The molecule has 2 heterocycles. The van der Waals surface area contributed by atoms with Crippen LogP contribution in [0.2, 0.25) is 0 Å². The normalized spacial score (nSPS) is 14.2. The fourth-order valence-corrected chi connectivity index (χ4v) is 5.12. The molecule has 1 aliphatic rings. The number of aromatic nitrogens is 1. The minimum atomic E-state index is 1.20. The second-order valence-corrected chi connectivity index (χ2v) is 8.54. The molecule has 2 nitrogen and oxygen atoms in total. The first kappa shape index (κ1) is 19.5. The van der Waals surface area contributed by atoms with Crippen LogP contribution in [0, 0.1) is 0 Å². The predicted molar refractivity (Wildman–Crippen MR) is 140 cm³/mol. The average molecular weight is 426 g/mol. The van der Waals surface area contributed by atoms with Gasteiger partial charge in [-0.05, 0) is 29.8 Å². The van der Waals surface area contributed by atoms with Crippen LogP contribution in [0.25, 0.3) is 44.6 Å². The molecule has 0 radical (unpaired) electrons. The maximum absolute atomic E-state index is 2.29. The van der Waals surface area contributed by atoms with Gasteiger partial charge in [0.25, 0.3) is 0 Å². The first-order chi connectivity index (χ1) is 16.2. The van der Waals surface area contributed by atoms with E-state index in [-0.39, 0.29) is 0 Å². The van der Waals surface area contributed by atoms with Gasteiger partial charge in [-0.15, -0.1) is 0 Å². The minimum absolute atomic E-state index is 1.20. The number of para-hydroxylation sites is 2. The molecule has 158 valence electrons. The Morgan fingerprint density at radius 1 is 0.636 bits per heavy atom. The Hall–Kier alpha value is -4.17. The highest BCUT2D eigenvalue weighted by atomic mass is 15.1. The summed E-state index contributed by atoms with van der Waals surface area (Å²) in [5, 5.41) is 3.83. The summed E-state index contributed by atoms with van der Waals surface area (Å²) in [6, 6.07) is 34.6. The SMILES string of the molecule is CN1/C(=C/C=C/c2c3ccccc3c3ccccc3[n+]2C)c2ccccc2-c2ccccc21. The van der Waals surface area contributed by atoms with Crippen LogP contribution in [0.3, 0.4) is 0 Å². The molecular formula is C31H25N2+. The van der Waals surface area contributed by atoms with Gasteiger partial charge in [-0.25, -0.2) is 0 Å².